The predicted octanol–water partition coefficient (Wildman–Crippen LogP) is 1.18. The van der Waals surface area contributed by atoms with E-state index < -0.39 is 10.0 Å². The zero-order valence-corrected chi connectivity index (χ0v) is 8.89. The van der Waals surface area contributed by atoms with Gasteiger partial charge in [-0.05, 0) is 23.1 Å². The monoisotopic (exact) mass is 211 g/mol. The van der Waals surface area contributed by atoms with E-state index in [0.29, 0.717) is 6.54 Å². The van der Waals surface area contributed by atoms with Gasteiger partial charge in [0.1, 0.15) is 0 Å². The number of rotatable bonds is 1. The van der Waals surface area contributed by atoms with Crippen molar-refractivity contribution in [3.63, 3.8) is 0 Å². The number of aryl methyl sites for hydroxylation is 1. The Balaban J connectivity index is 2.42. The Hall–Kier alpha value is -0.870. The summed E-state index contributed by atoms with van der Waals surface area (Å²) in [6.07, 6.45) is 0.986. The zero-order valence-electron chi connectivity index (χ0n) is 8.08. The molecule has 0 radical (unpaired) electrons. The summed E-state index contributed by atoms with van der Waals surface area (Å²) in [4.78, 5) is 0. The Bertz CT molecular complexity index is 451. The summed E-state index contributed by atoms with van der Waals surface area (Å²) in [5.41, 5.74) is 3.30. The molecule has 14 heavy (non-hydrogen) atoms. The van der Waals surface area contributed by atoms with E-state index in [1.54, 1.807) is 0 Å². The van der Waals surface area contributed by atoms with Crippen LogP contribution in [0.2, 0.25) is 0 Å². The molecule has 0 amide bonds. The molecule has 2 rings (SSSR count). The molecule has 0 unspecified atom stereocenters. The molecule has 0 atom stereocenters. The molecule has 1 heterocycles. The summed E-state index contributed by atoms with van der Waals surface area (Å²) >= 11 is 0. The Morgan fingerprint density at radius 1 is 1.36 bits per heavy atom. The van der Waals surface area contributed by atoms with Crippen LogP contribution < -0.4 is 4.72 Å². The lowest BCUT2D eigenvalue weighted by molar-refractivity contribution is 0.575. The number of fused-ring (bicyclic) bond motifs is 1. The van der Waals surface area contributed by atoms with Crippen LogP contribution in [0.15, 0.2) is 18.2 Å². The molecule has 0 fully saturated rings. The van der Waals surface area contributed by atoms with Gasteiger partial charge in [0, 0.05) is 6.54 Å². The van der Waals surface area contributed by atoms with Crippen molar-refractivity contribution in [1.29, 1.82) is 0 Å². The van der Waals surface area contributed by atoms with Gasteiger partial charge in [0.05, 0.1) is 5.75 Å². The quantitative estimate of drug-likeness (QED) is 0.758. The second-order valence-corrected chi connectivity index (χ2v) is 5.34. The van der Waals surface area contributed by atoms with Gasteiger partial charge in [0.15, 0.2) is 0 Å². The first-order chi connectivity index (χ1) is 6.61. The largest absolute Gasteiger partial charge is 0.216 e. The average molecular weight is 211 g/mol. The van der Waals surface area contributed by atoms with Crippen molar-refractivity contribution in [2.24, 2.45) is 0 Å². The number of hydrogen-bond acceptors (Lipinski definition) is 2. The van der Waals surface area contributed by atoms with Crippen molar-refractivity contribution in [3.05, 3.63) is 34.9 Å². The SMILES string of the molecule is CCc1ccc2c(c1)CNS(=O)(=O)C2. The van der Waals surface area contributed by atoms with Gasteiger partial charge in [-0.2, -0.15) is 0 Å². The first-order valence-corrected chi connectivity index (χ1v) is 6.34. The van der Waals surface area contributed by atoms with Gasteiger partial charge in [-0.3, -0.25) is 0 Å². The maximum absolute atomic E-state index is 11.3. The fourth-order valence-corrected chi connectivity index (χ4v) is 2.82. The van der Waals surface area contributed by atoms with Gasteiger partial charge in [-0.1, -0.05) is 25.1 Å². The van der Waals surface area contributed by atoms with Gasteiger partial charge in [0.2, 0.25) is 10.0 Å². The maximum atomic E-state index is 11.3. The third-order valence-electron chi connectivity index (χ3n) is 2.51. The third-order valence-corrected chi connectivity index (χ3v) is 3.78. The van der Waals surface area contributed by atoms with E-state index in [1.165, 1.54) is 5.56 Å². The number of benzene rings is 1. The van der Waals surface area contributed by atoms with Crippen LogP contribution in [0.1, 0.15) is 23.6 Å². The Kier molecular flexibility index (Phi) is 2.33. The van der Waals surface area contributed by atoms with Crippen LogP contribution in [0.25, 0.3) is 0 Å². The highest BCUT2D eigenvalue weighted by molar-refractivity contribution is 7.88. The van der Waals surface area contributed by atoms with Crippen molar-refractivity contribution in [2.45, 2.75) is 25.6 Å². The van der Waals surface area contributed by atoms with Crippen molar-refractivity contribution in [2.75, 3.05) is 0 Å². The van der Waals surface area contributed by atoms with Crippen LogP contribution >= 0.6 is 0 Å². The van der Waals surface area contributed by atoms with E-state index in [4.69, 9.17) is 0 Å². The fourth-order valence-electron chi connectivity index (χ4n) is 1.65. The van der Waals surface area contributed by atoms with Gasteiger partial charge in [0.25, 0.3) is 0 Å². The predicted molar refractivity (Wildman–Crippen MR) is 55.3 cm³/mol. The molecular weight excluding hydrogens is 198 g/mol. The van der Waals surface area contributed by atoms with Gasteiger partial charge < -0.3 is 0 Å². The topological polar surface area (TPSA) is 46.2 Å². The summed E-state index contributed by atoms with van der Waals surface area (Å²) in [5.74, 6) is 0.117. The summed E-state index contributed by atoms with van der Waals surface area (Å²) in [7, 11) is -3.07. The molecule has 1 aliphatic heterocycles. The van der Waals surface area contributed by atoms with Crippen LogP contribution in [-0.4, -0.2) is 8.42 Å². The van der Waals surface area contributed by atoms with Crippen LogP contribution in [0, 0.1) is 0 Å². The highest BCUT2D eigenvalue weighted by atomic mass is 32.2. The molecule has 0 saturated heterocycles. The first kappa shape index (κ1) is 9.68. The maximum Gasteiger partial charge on any atom is 0.216 e. The van der Waals surface area contributed by atoms with E-state index in [0.717, 1.165) is 17.5 Å². The third kappa shape index (κ3) is 1.81. The molecule has 1 aromatic carbocycles. The van der Waals surface area contributed by atoms with Crippen molar-refractivity contribution < 1.29 is 8.42 Å². The molecule has 1 aromatic rings. The molecule has 3 nitrogen and oxygen atoms in total. The number of sulfonamides is 1. The van der Waals surface area contributed by atoms with E-state index in [2.05, 4.69) is 17.7 Å². The Labute approximate surface area is 84.2 Å². The van der Waals surface area contributed by atoms with Crippen molar-refractivity contribution in [1.82, 2.24) is 4.72 Å². The van der Waals surface area contributed by atoms with Gasteiger partial charge >= 0.3 is 0 Å². The molecule has 0 aliphatic carbocycles. The lowest BCUT2D eigenvalue weighted by Gasteiger charge is -2.17. The minimum absolute atomic E-state index is 0.117. The van der Waals surface area contributed by atoms with Crippen LogP contribution in [0.3, 0.4) is 0 Å². The van der Waals surface area contributed by atoms with Crippen LogP contribution in [-0.2, 0) is 28.7 Å². The molecule has 0 bridgehead atoms. The second kappa shape index (κ2) is 3.37. The lowest BCUT2D eigenvalue weighted by atomic mass is 10.0. The number of hydrogen-bond donors (Lipinski definition) is 1. The normalized spacial score (nSPS) is 18.9. The molecular formula is C10H13NO2S. The van der Waals surface area contributed by atoms with Gasteiger partial charge in [-0.15, -0.1) is 0 Å². The smallest absolute Gasteiger partial charge is 0.212 e. The standard InChI is InChI=1S/C10H13NO2S/c1-2-8-3-4-9-7-14(12,13)11-6-10(9)5-8/h3-5,11H,2,6-7H2,1H3. The zero-order chi connectivity index (χ0) is 10.2. The average Bonchev–Trinajstić information content (AvgIpc) is 2.16. The number of nitrogens with one attached hydrogen (secondary N) is 1. The van der Waals surface area contributed by atoms with E-state index in [9.17, 15) is 8.42 Å². The summed E-state index contributed by atoms with van der Waals surface area (Å²) in [6.45, 7) is 2.53. The summed E-state index contributed by atoms with van der Waals surface area (Å²) < 4.78 is 25.1. The molecule has 0 saturated carbocycles. The van der Waals surface area contributed by atoms with Crippen LogP contribution in [0.4, 0.5) is 0 Å². The second-order valence-electron chi connectivity index (χ2n) is 3.54. The summed E-state index contributed by atoms with van der Waals surface area (Å²) in [5, 5.41) is 0. The van der Waals surface area contributed by atoms with Crippen molar-refractivity contribution in [3.8, 4) is 0 Å². The molecule has 76 valence electrons. The minimum atomic E-state index is -3.07. The van der Waals surface area contributed by atoms with E-state index >= 15 is 0 Å². The first-order valence-electron chi connectivity index (χ1n) is 4.69. The van der Waals surface area contributed by atoms with Crippen LogP contribution in [0.5, 0.6) is 0 Å². The van der Waals surface area contributed by atoms with E-state index in [-0.39, 0.29) is 5.75 Å². The molecule has 4 heteroatoms. The molecule has 0 aromatic heterocycles. The molecule has 1 aliphatic rings. The molecule has 1 N–H and O–H groups in total. The highest BCUT2D eigenvalue weighted by Crippen LogP contribution is 2.19. The minimum Gasteiger partial charge on any atom is -0.212 e. The van der Waals surface area contributed by atoms with Gasteiger partial charge in [-0.25, -0.2) is 13.1 Å². The lowest BCUT2D eigenvalue weighted by Crippen LogP contribution is -2.30. The van der Waals surface area contributed by atoms with E-state index in [1.807, 2.05) is 12.1 Å². The highest BCUT2D eigenvalue weighted by Gasteiger charge is 2.19. The Morgan fingerprint density at radius 2 is 2.14 bits per heavy atom. The molecule has 0 spiro atoms. The fraction of sp³-hybridized carbons (Fsp3) is 0.400. The van der Waals surface area contributed by atoms with Crippen molar-refractivity contribution >= 4 is 10.0 Å². The summed E-state index contributed by atoms with van der Waals surface area (Å²) in [6, 6.07) is 6.00. The Morgan fingerprint density at radius 3 is 2.86 bits per heavy atom.